The quantitative estimate of drug-likeness (QED) is 0.793. The maximum Gasteiger partial charge on any atom is 0.573 e. The number of carbonyl (C=O) groups is 1. The van der Waals surface area contributed by atoms with E-state index in [0.29, 0.717) is 0 Å². The van der Waals surface area contributed by atoms with Crippen molar-refractivity contribution in [3.8, 4) is 11.8 Å². The van der Waals surface area contributed by atoms with Crippen LogP contribution in [0.15, 0.2) is 16.6 Å². The molecule has 0 spiro atoms. The van der Waals surface area contributed by atoms with Crippen molar-refractivity contribution < 1.29 is 27.4 Å². The molecule has 0 N–H and O–H groups in total. The number of carbonyl (C=O) groups excluding carboxylic acids is 1. The Kier molecular flexibility index (Phi) is 4.78. The first-order valence-corrected chi connectivity index (χ1v) is 5.75. The van der Waals surface area contributed by atoms with Gasteiger partial charge in [0.25, 0.3) is 0 Å². The first kappa shape index (κ1) is 15.3. The average Bonchev–Trinajstić information content (AvgIpc) is 2.30. The topological polar surface area (TPSA) is 59.3 Å². The maximum atomic E-state index is 12.3. The number of benzene rings is 1. The molecule has 1 aromatic rings. The second kappa shape index (κ2) is 5.93. The number of hydrogen-bond acceptors (Lipinski definition) is 4. The first-order chi connectivity index (χ1) is 8.80. The Morgan fingerprint density at radius 1 is 1.47 bits per heavy atom. The van der Waals surface area contributed by atoms with Gasteiger partial charge >= 0.3 is 12.3 Å². The zero-order valence-electron chi connectivity index (χ0n) is 9.55. The molecule has 0 bridgehead atoms. The van der Waals surface area contributed by atoms with Crippen LogP contribution in [0.2, 0.25) is 0 Å². The fourth-order valence-corrected chi connectivity index (χ4v) is 1.68. The number of nitrogens with zero attached hydrogens (tertiary/aromatic N) is 1. The number of ether oxygens (including phenoxy) is 2. The maximum absolute atomic E-state index is 12.3. The lowest BCUT2D eigenvalue weighted by atomic mass is 10.1. The normalized spacial score (nSPS) is 10.7. The molecule has 0 heterocycles. The summed E-state index contributed by atoms with van der Waals surface area (Å²) in [5, 5.41) is 8.84. The van der Waals surface area contributed by atoms with Crippen LogP contribution in [-0.4, -0.2) is 18.9 Å². The van der Waals surface area contributed by atoms with Crippen molar-refractivity contribution in [3.63, 3.8) is 0 Å². The van der Waals surface area contributed by atoms with Gasteiger partial charge in [-0.15, -0.1) is 13.2 Å². The minimum Gasteiger partial charge on any atom is -0.462 e. The fourth-order valence-electron chi connectivity index (χ4n) is 1.27. The third kappa shape index (κ3) is 3.86. The van der Waals surface area contributed by atoms with E-state index in [1.165, 1.54) is 19.1 Å². The van der Waals surface area contributed by atoms with Crippen LogP contribution in [-0.2, 0) is 4.74 Å². The third-order valence-corrected chi connectivity index (χ3v) is 2.55. The van der Waals surface area contributed by atoms with E-state index >= 15 is 0 Å². The molecule has 0 atom stereocenters. The van der Waals surface area contributed by atoms with Crippen molar-refractivity contribution in [2.45, 2.75) is 13.3 Å². The smallest absolute Gasteiger partial charge is 0.462 e. The molecule has 0 aliphatic heterocycles. The Balaban J connectivity index is 3.42. The summed E-state index contributed by atoms with van der Waals surface area (Å²) in [6, 6.07) is 4.00. The first-order valence-electron chi connectivity index (χ1n) is 4.95. The van der Waals surface area contributed by atoms with E-state index in [9.17, 15) is 18.0 Å². The number of alkyl halides is 3. The molecular weight excluding hydrogens is 331 g/mol. The fraction of sp³-hybridized carbons (Fsp3) is 0.273. The van der Waals surface area contributed by atoms with Gasteiger partial charge in [-0.2, -0.15) is 5.26 Å². The molecule has 0 aliphatic rings. The van der Waals surface area contributed by atoms with Crippen LogP contribution in [0, 0.1) is 11.3 Å². The van der Waals surface area contributed by atoms with E-state index in [-0.39, 0.29) is 16.6 Å². The van der Waals surface area contributed by atoms with Gasteiger partial charge in [-0.3, -0.25) is 0 Å². The summed E-state index contributed by atoms with van der Waals surface area (Å²) in [4.78, 5) is 11.6. The summed E-state index contributed by atoms with van der Waals surface area (Å²) in [6.07, 6.45) is -4.99. The van der Waals surface area contributed by atoms with Crippen molar-refractivity contribution in [1.82, 2.24) is 0 Å². The van der Waals surface area contributed by atoms with E-state index < -0.39 is 23.6 Å². The highest BCUT2D eigenvalue weighted by molar-refractivity contribution is 9.10. The van der Waals surface area contributed by atoms with Crippen molar-refractivity contribution >= 4 is 21.9 Å². The monoisotopic (exact) mass is 337 g/mol. The lowest BCUT2D eigenvalue weighted by molar-refractivity contribution is -0.275. The molecular formula is C11H7BrF3NO3. The number of halogens is 4. The van der Waals surface area contributed by atoms with Crippen LogP contribution in [0.4, 0.5) is 13.2 Å². The van der Waals surface area contributed by atoms with Gasteiger partial charge in [-0.05, 0) is 35.0 Å². The SMILES string of the molecule is CCOC(=O)c1c(C#N)ccc(Br)c1OC(F)(F)F. The Morgan fingerprint density at radius 3 is 2.58 bits per heavy atom. The van der Waals surface area contributed by atoms with Gasteiger partial charge in [0.1, 0.15) is 11.6 Å². The molecule has 1 aromatic carbocycles. The molecule has 19 heavy (non-hydrogen) atoms. The highest BCUT2D eigenvalue weighted by Gasteiger charge is 2.35. The standard InChI is InChI=1S/C11H7BrF3NO3/c1-2-18-10(17)8-6(5-16)3-4-7(12)9(8)19-11(13,14)15/h3-4H,2H2,1H3. The highest BCUT2D eigenvalue weighted by Crippen LogP contribution is 2.36. The molecule has 102 valence electrons. The van der Waals surface area contributed by atoms with Gasteiger partial charge in [0.05, 0.1) is 16.6 Å². The molecule has 0 radical (unpaired) electrons. The summed E-state index contributed by atoms with van der Waals surface area (Å²) < 4.78 is 45.2. The van der Waals surface area contributed by atoms with Crippen LogP contribution in [0.25, 0.3) is 0 Å². The Morgan fingerprint density at radius 2 is 2.11 bits per heavy atom. The zero-order valence-corrected chi connectivity index (χ0v) is 11.1. The second-order valence-corrected chi connectivity index (χ2v) is 4.03. The molecule has 4 nitrogen and oxygen atoms in total. The van der Waals surface area contributed by atoms with Gasteiger partial charge in [-0.1, -0.05) is 0 Å². The molecule has 0 saturated carbocycles. The number of esters is 1. The molecule has 8 heteroatoms. The third-order valence-electron chi connectivity index (χ3n) is 1.93. The van der Waals surface area contributed by atoms with E-state index in [2.05, 4.69) is 25.4 Å². The van der Waals surface area contributed by atoms with Crippen molar-refractivity contribution in [2.24, 2.45) is 0 Å². The van der Waals surface area contributed by atoms with Gasteiger partial charge < -0.3 is 9.47 Å². The van der Waals surface area contributed by atoms with E-state index in [0.717, 1.165) is 0 Å². The van der Waals surface area contributed by atoms with Gasteiger partial charge in [0.15, 0.2) is 5.75 Å². The second-order valence-electron chi connectivity index (χ2n) is 3.18. The minimum absolute atomic E-state index is 0.0400. The Labute approximate surface area is 114 Å². The Hall–Kier alpha value is -1.75. The van der Waals surface area contributed by atoms with E-state index in [1.54, 1.807) is 6.07 Å². The molecule has 0 aliphatic carbocycles. The van der Waals surface area contributed by atoms with Gasteiger partial charge in [-0.25, -0.2) is 4.79 Å². The van der Waals surface area contributed by atoms with Gasteiger partial charge in [0, 0.05) is 0 Å². The van der Waals surface area contributed by atoms with Crippen molar-refractivity contribution in [3.05, 3.63) is 27.7 Å². The molecule has 0 saturated heterocycles. The van der Waals surface area contributed by atoms with Crippen molar-refractivity contribution in [1.29, 1.82) is 5.26 Å². The van der Waals surface area contributed by atoms with Crippen LogP contribution >= 0.6 is 15.9 Å². The van der Waals surface area contributed by atoms with E-state index in [1.807, 2.05) is 0 Å². The highest BCUT2D eigenvalue weighted by atomic mass is 79.9. The van der Waals surface area contributed by atoms with Gasteiger partial charge in [0.2, 0.25) is 0 Å². The summed E-state index contributed by atoms with van der Waals surface area (Å²) in [6.45, 7) is 1.45. The molecule has 0 amide bonds. The van der Waals surface area contributed by atoms with E-state index in [4.69, 9.17) is 5.26 Å². The lowest BCUT2D eigenvalue weighted by Gasteiger charge is -2.15. The minimum atomic E-state index is -4.99. The molecule has 0 fully saturated rings. The van der Waals surface area contributed by atoms with Crippen LogP contribution in [0.5, 0.6) is 5.75 Å². The van der Waals surface area contributed by atoms with Crippen LogP contribution in [0.3, 0.4) is 0 Å². The Bertz CT molecular complexity index is 537. The number of hydrogen-bond donors (Lipinski definition) is 0. The van der Waals surface area contributed by atoms with Crippen LogP contribution in [0.1, 0.15) is 22.8 Å². The summed E-state index contributed by atoms with van der Waals surface area (Å²) in [5.74, 6) is -1.84. The molecule has 0 unspecified atom stereocenters. The molecule has 1 rings (SSSR count). The summed E-state index contributed by atoms with van der Waals surface area (Å²) in [5.41, 5.74) is -0.822. The van der Waals surface area contributed by atoms with Crippen LogP contribution < -0.4 is 4.74 Å². The summed E-state index contributed by atoms with van der Waals surface area (Å²) >= 11 is 2.84. The van der Waals surface area contributed by atoms with Crippen molar-refractivity contribution in [2.75, 3.05) is 6.61 Å². The average molecular weight is 338 g/mol. The predicted octanol–water partition coefficient (Wildman–Crippen LogP) is 3.40. The summed E-state index contributed by atoms with van der Waals surface area (Å²) in [7, 11) is 0. The lowest BCUT2D eigenvalue weighted by Crippen LogP contribution is -2.20. The largest absolute Gasteiger partial charge is 0.573 e. The number of rotatable bonds is 3. The molecule has 0 aromatic heterocycles. The number of nitriles is 1. The zero-order chi connectivity index (χ0) is 14.6. The predicted molar refractivity (Wildman–Crippen MR) is 61.5 cm³/mol.